The van der Waals surface area contributed by atoms with Gasteiger partial charge in [0, 0.05) is 44.3 Å². The van der Waals surface area contributed by atoms with Crippen LogP contribution in [0.5, 0.6) is 0 Å². The first-order chi connectivity index (χ1) is 15.1. The number of pyridine rings is 1. The zero-order chi connectivity index (χ0) is 21.4. The van der Waals surface area contributed by atoms with E-state index < -0.39 is 0 Å². The molecule has 158 valence electrons. The highest BCUT2D eigenvalue weighted by Crippen LogP contribution is 2.27. The van der Waals surface area contributed by atoms with Crippen molar-refractivity contribution in [3.8, 4) is 0 Å². The van der Waals surface area contributed by atoms with Crippen molar-refractivity contribution in [3.63, 3.8) is 0 Å². The number of hydrogen-bond donors (Lipinski definition) is 0. The summed E-state index contributed by atoms with van der Waals surface area (Å²) in [4.78, 5) is 26.4. The first-order valence-corrected chi connectivity index (χ1v) is 11.5. The minimum absolute atomic E-state index is 0.165. The number of rotatable bonds is 4. The van der Waals surface area contributed by atoms with Crippen molar-refractivity contribution in [1.82, 2.24) is 19.3 Å². The number of thioether (sulfide) groups is 1. The molecule has 0 N–H and O–H groups in total. The monoisotopic (exact) mass is 431 g/mol. The van der Waals surface area contributed by atoms with Crippen LogP contribution in [0, 0.1) is 13.8 Å². The van der Waals surface area contributed by atoms with Gasteiger partial charge >= 0.3 is 0 Å². The molecule has 0 unspecified atom stereocenters. The Bertz CT molecular complexity index is 1260. The Morgan fingerprint density at radius 3 is 2.65 bits per heavy atom. The van der Waals surface area contributed by atoms with Gasteiger partial charge in [-0.2, -0.15) is 0 Å². The molecule has 1 amide bonds. The van der Waals surface area contributed by atoms with E-state index in [9.17, 15) is 4.79 Å². The second-order valence-corrected chi connectivity index (χ2v) is 8.87. The summed E-state index contributed by atoms with van der Waals surface area (Å²) in [7, 11) is 0. The fourth-order valence-electron chi connectivity index (χ4n) is 4.18. The highest BCUT2D eigenvalue weighted by Gasteiger charge is 2.23. The van der Waals surface area contributed by atoms with Gasteiger partial charge in [-0.1, -0.05) is 23.9 Å². The zero-order valence-corrected chi connectivity index (χ0v) is 18.6. The molecular formula is C24H25N5OS. The van der Waals surface area contributed by atoms with E-state index in [1.807, 2.05) is 35.4 Å². The molecule has 0 bridgehead atoms. The van der Waals surface area contributed by atoms with Crippen molar-refractivity contribution in [3.05, 3.63) is 66.0 Å². The molecule has 0 radical (unpaired) electrons. The van der Waals surface area contributed by atoms with Gasteiger partial charge in [0.1, 0.15) is 5.03 Å². The molecule has 0 saturated carbocycles. The Morgan fingerprint density at radius 1 is 1.00 bits per heavy atom. The van der Waals surface area contributed by atoms with E-state index in [2.05, 4.69) is 46.3 Å². The van der Waals surface area contributed by atoms with Gasteiger partial charge < -0.3 is 14.2 Å². The number of anilines is 1. The molecule has 4 aromatic rings. The normalized spacial score (nSPS) is 14.5. The molecular weight excluding hydrogens is 406 g/mol. The summed E-state index contributed by atoms with van der Waals surface area (Å²) in [6.45, 7) is 7.55. The lowest BCUT2D eigenvalue weighted by molar-refractivity contribution is -0.128. The summed E-state index contributed by atoms with van der Waals surface area (Å²) in [5.41, 5.74) is 6.60. The molecule has 7 heteroatoms. The topological polar surface area (TPSA) is 53.7 Å². The minimum Gasteiger partial charge on any atom is -0.368 e. The van der Waals surface area contributed by atoms with Crippen LogP contribution < -0.4 is 4.90 Å². The van der Waals surface area contributed by atoms with Gasteiger partial charge in [0.05, 0.1) is 16.8 Å². The number of aromatic nitrogens is 3. The Morgan fingerprint density at radius 2 is 1.81 bits per heavy atom. The minimum atomic E-state index is 0.165. The molecule has 1 fully saturated rings. The third kappa shape index (κ3) is 3.74. The standard InChI is InChI=1S/C24H25N5OS/c1-17-6-3-7-19(18(17)2)27-12-14-28(15-13-27)22(30)16-31-24-21-9-5-11-29(21)20-8-4-10-25-23(20)26-24/h3-11H,12-16H2,1-2H3. The number of benzene rings is 1. The van der Waals surface area contributed by atoms with Crippen molar-refractivity contribution < 1.29 is 4.79 Å². The van der Waals surface area contributed by atoms with E-state index in [1.54, 1.807) is 6.20 Å². The van der Waals surface area contributed by atoms with E-state index in [0.29, 0.717) is 11.4 Å². The summed E-state index contributed by atoms with van der Waals surface area (Å²) in [5, 5.41) is 0.846. The lowest BCUT2D eigenvalue weighted by Crippen LogP contribution is -2.49. The Hall–Kier alpha value is -3.06. The number of carbonyl (C=O) groups excluding carboxylic acids is 1. The van der Waals surface area contributed by atoms with E-state index in [-0.39, 0.29) is 5.91 Å². The number of nitrogens with zero attached hydrogens (tertiary/aromatic N) is 5. The van der Waals surface area contributed by atoms with Gasteiger partial charge in [0.15, 0.2) is 5.65 Å². The molecule has 1 saturated heterocycles. The van der Waals surface area contributed by atoms with Crippen LogP contribution in [0.1, 0.15) is 11.1 Å². The van der Waals surface area contributed by atoms with Crippen LogP contribution in [0.3, 0.4) is 0 Å². The van der Waals surface area contributed by atoms with Gasteiger partial charge in [-0.25, -0.2) is 9.97 Å². The number of hydrogen-bond acceptors (Lipinski definition) is 5. The van der Waals surface area contributed by atoms with Crippen LogP contribution in [0.4, 0.5) is 5.69 Å². The zero-order valence-electron chi connectivity index (χ0n) is 17.8. The number of amides is 1. The lowest BCUT2D eigenvalue weighted by atomic mass is 10.1. The number of carbonyl (C=O) groups is 1. The summed E-state index contributed by atoms with van der Waals surface area (Å²) >= 11 is 1.50. The summed E-state index contributed by atoms with van der Waals surface area (Å²) in [6, 6.07) is 14.4. The van der Waals surface area contributed by atoms with Crippen LogP contribution in [-0.2, 0) is 4.79 Å². The second-order valence-electron chi connectivity index (χ2n) is 7.90. The maximum Gasteiger partial charge on any atom is 0.233 e. The maximum absolute atomic E-state index is 12.9. The van der Waals surface area contributed by atoms with Crippen LogP contribution in [0.15, 0.2) is 59.9 Å². The van der Waals surface area contributed by atoms with E-state index in [4.69, 9.17) is 4.98 Å². The molecule has 0 spiro atoms. The first kappa shape index (κ1) is 19.9. The molecule has 1 aliphatic heterocycles. The molecule has 6 nitrogen and oxygen atoms in total. The molecule has 31 heavy (non-hydrogen) atoms. The lowest BCUT2D eigenvalue weighted by Gasteiger charge is -2.37. The van der Waals surface area contributed by atoms with Crippen molar-refractivity contribution in [2.75, 3.05) is 36.8 Å². The highest BCUT2D eigenvalue weighted by molar-refractivity contribution is 8.00. The van der Waals surface area contributed by atoms with Gasteiger partial charge in [0.2, 0.25) is 5.91 Å². The fraction of sp³-hybridized carbons (Fsp3) is 0.292. The van der Waals surface area contributed by atoms with Gasteiger partial charge in [-0.15, -0.1) is 0 Å². The molecule has 0 aliphatic carbocycles. The van der Waals surface area contributed by atoms with Gasteiger partial charge in [-0.3, -0.25) is 4.79 Å². The Labute approximate surface area is 185 Å². The average molecular weight is 432 g/mol. The first-order valence-electron chi connectivity index (χ1n) is 10.6. The summed E-state index contributed by atoms with van der Waals surface area (Å²) in [5.74, 6) is 0.550. The van der Waals surface area contributed by atoms with Crippen molar-refractivity contribution in [2.45, 2.75) is 18.9 Å². The molecule has 1 aromatic carbocycles. The van der Waals surface area contributed by atoms with Crippen molar-refractivity contribution >= 4 is 40.0 Å². The second kappa shape index (κ2) is 8.23. The SMILES string of the molecule is Cc1cccc(N2CCN(C(=O)CSc3nc4ncccc4n4cccc34)CC2)c1C. The number of fused-ring (bicyclic) bond motifs is 3. The van der Waals surface area contributed by atoms with E-state index in [0.717, 1.165) is 42.2 Å². The fourth-order valence-corrected chi connectivity index (χ4v) is 5.09. The average Bonchev–Trinajstić information content (AvgIpc) is 3.30. The van der Waals surface area contributed by atoms with Crippen molar-refractivity contribution in [1.29, 1.82) is 0 Å². The highest BCUT2D eigenvalue weighted by atomic mass is 32.2. The molecule has 3 aromatic heterocycles. The van der Waals surface area contributed by atoms with E-state index in [1.165, 1.54) is 28.6 Å². The molecule has 4 heterocycles. The molecule has 0 atom stereocenters. The van der Waals surface area contributed by atoms with Gasteiger partial charge in [-0.05, 0) is 55.3 Å². The predicted octanol–water partition coefficient (Wildman–Crippen LogP) is 3.94. The quantitative estimate of drug-likeness (QED) is 0.458. The summed E-state index contributed by atoms with van der Waals surface area (Å²) < 4.78 is 2.09. The van der Waals surface area contributed by atoms with Gasteiger partial charge in [0.25, 0.3) is 0 Å². The third-order valence-electron chi connectivity index (χ3n) is 6.08. The van der Waals surface area contributed by atoms with Crippen LogP contribution >= 0.6 is 11.8 Å². The van der Waals surface area contributed by atoms with E-state index >= 15 is 0 Å². The Kier molecular flexibility index (Phi) is 5.28. The van der Waals surface area contributed by atoms with Crippen LogP contribution in [0.25, 0.3) is 16.7 Å². The number of aryl methyl sites for hydroxylation is 1. The Balaban J connectivity index is 1.25. The third-order valence-corrected chi connectivity index (χ3v) is 7.05. The van der Waals surface area contributed by atoms with Crippen molar-refractivity contribution in [2.24, 2.45) is 0 Å². The maximum atomic E-state index is 12.9. The largest absolute Gasteiger partial charge is 0.368 e. The summed E-state index contributed by atoms with van der Waals surface area (Å²) in [6.07, 6.45) is 3.76. The smallest absolute Gasteiger partial charge is 0.233 e. The van der Waals surface area contributed by atoms with Crippen LogP contribution in [-0.4, -0.2) is 57.1 Å². The van der Waals surface area contributed by atoms with Crippen LogP contribution in [0.2, 0.25) is 0 Å². The molecule has 1 aliphatic rings. The number of piperazine rings is 1. The molecule has 5 rings (SSSR count). The predicted molar refractivity (Wildman–Crippen MR) is 126 cm³/mol.